The van der Waals surface area contributed by atoms with Crippen LogP contribution in [0.1, 0.15) is 37.1 Å². The van der Waals surface area contributed by atoms with Gasteiger partial charge in [0.25, 0.3) is 0 Å². The highest BCUT2D eigenvalue weighted by molar-refractivity contribution is 5.74. The largest absolute Gasteiger partial charge is 0.373 e. The maximum atomic E-state index is 11.6. The third-order valence-corrected chi connectivity index (χ3v) is 3.40. The standard InChI is InChI=1S/C13H19N3O/c1-9-11(6-7-13(14-3)15-9)12-5-4-8-16(12)10(2)17/h6-7,12H,4-5,8H2,1-3H3,(H,14,15). The minimum absolute atomic E-state index is 0.157. The maximum Gasteiger partial charge on any atom is 0.219 e. The van der Waals surface area contributed by atoms with Gasteiger partial charge in [-0.05, 0) is 31.4 Å². The number of hydrogen-bond acceptors (Lipinski definition) is 3. The van der Waals surface area contributed by atoms with Crippen molar-refractivity contribution in [2.75, 3.05) is 18.9 Å². The van der Waals surface area contributed by atoms with Crippen LogP contribution in [0.15, 0.2) is 12.1 Å². The quantitative estimate of drug-likeness (QED) is 0.851. The van der Waals surface area contributed by atoms with Crippen LogP contribution in [0, 0.1) is 6.92 Å². The smallest absolute Gasteiger partial charge is 0.219 e. The lowest BCUT2D eigenvalue weighted by atomic mass is 10.0. The van der Waals surface area contributed by atoms with E-state index in [0.29, 0.717) is 0 Å². The van der Waals surface area contributed by atoms with Crippen LogP contribution in [0.25, 0.3) is 0 Å². The summed E-state index contributed by atoms with van der Waals surface area (Å²) in [7, 11) is 1.86. The van der Waals surface area contributed by atoms with Gasteiger partial charge in [-0.15, -0.1) is 0 Å². The van der Waals surface area contributed by atoms with Crippen molar-refractivity contribution in [3.63, 3.8) is 0 Å². The fraction of sp³-hybridized carbons (Fsp3) is 0.538. The van der Waals surface area contributed by atoms with Crippen molar-refractivity contribution in [2.24, 2.45) is 0 Å². The van der Waals surface area contributed by atoms with Gasteiger partial charge in [-0.1, -0.05) is 6.07 Å². The highest BCUT2D eigenvalue weighted by Gasteiger charge is 2.29. The molecule has 0 aliphatic carbocycles. The summed E-state index contributed by atoms with van der Waals surface area (Å²) in [4.78, 5) is 18.0. The van der Waals surface area contributed by atoms with Crippen molar-refractivity contribution in [3.8, 4) is 0 Å². The molecule has 2 heterocycles. The fourth-order valence-corrected chi connectivity index (χ4v) is 2.53. The van der Waals surface area contributed by atoms with E-state index in [9.17, 15) is 4.79 Å². The van der Waals surface area contributed by atoms with Crippen LogP contribution >= 0.6 is 0 Å². The molecule has 1 aliphatic heterocycles. The van der Waals surface area contributed by atoms with E-state index < -0.39 is 0 Å². The van der Waals surface area contributed by atoms with E-state index >= 15 is 0 Å². The van der Waals surface area contributed by atoms with E-state index in [1.165, 1.54) is 5.56 Å². The molecule has 1 saturated heterocycles. The van der Waals surface area contributed by atoms with Gasteiger partial charge in [-0.3, -0.25) is 4.79 Å². The average molecular weight is 233 g/mol. The summed E-state index contributed by atoms with van der Waals surface area (Å²) in [6, 6.07) is 4.27. The van der Waals surface area contributed by atoms with Crippen molar-refractivity contribution < 1.29 is 4.79 Å². The van der Waals surface area contributed by atoms with Crippen LogP contribution in [0.5, 0.6) is 0 Å². The zero-order chi connectivity index (χ0) is 12.4. The number of aryl methyl sites for hydroxylation is 1. The van der Waals surface area contributed by atoms with E-state index in [4.69, 9.17) is 0 Å². The maximum absolute atomic E-state index is 11.6. The number of carbonyl (C=O) groups excluding carboxylic acids is 1. The molecule has 4 heteroatoms. The summed E-state index contributed by atoms with van der Waals surface area (Å²) < 4.78 is 0. The summed E-state index contributed by atoms with van der Waals surface area (Å²) in [6.45, 7) is 4.52. The number of anilines is 1. The predicted molar refractivity (Wildman–Crippen MR) is 67.9 cm³/mol. The number of nitrogens with zero attached hydrogens (tertiary/aromatic N) is 2. The normalized spacial score (nSPS) is 19.5. The molecule has 1 aromatic rings. The van der Waals surface area contributed by atoms with Gasteiger partial charge in [-0.2, -0.15) is 0 Å². The molecule has 1 N–H and O–H groups in total. The molecule has 1 atom stereocenters. The molecular weight excluding hydrogens is 214 g/mol. The molecule has 17 heavy (non-hydrogen) atoms. The minimum atomic E-state index is 0.157. The summed E-state index contributed by atoms with van der Waals surface area (Å²) in [5.41, 5.74) is 2.19. The Morgan fingerprint density at radius 2 is 2.29 bits per heavy atom. The van der Waals surface area contributed by atoms with Gasteiger partial charge in [0.1, 0.15) is 5.82 Å². The van der Waals surface area contributed by atoms with Crippen LogP contribution < -0.4 is 5.32 Å². The second kappa shape index (κ2) is 4.73. The Labute approximate surface area is 102 Å². The zero-order valence-electron chi connectivity index (χ0n) is 10.7. The molecule has 1 aromatic heterocycles. The molecule has 1 aliphatic rings. The van der Waals surface area contributed by atoms with E-state index in [1.807, 2.05) is 24.9 Å². The highest BCUT2D eigenvalue weighted by Crippen LogP contribution is 2.33. The third kappa shape index (κ3) is 2.25. The number of pyridine rings is 1. The second-order valence-corrected chi connectivity index (χ2v) is 4.49. The molecule has 0 spiro atoms. The lowest BCUT2D eigenvalue weighted by Crippen LogP contribution is -2.28. The Hall–Kier alpha value is -1.58. The summed E-state index contributed by atoms with van der Waals surface area (Å²) >= 11 is 0. The Bertz CT molecular complexity index is 431. The van der Waals surface area contributed by atoms with Crippen LogP contribution in [-0.4, -0.2) is 29.4 Å². The number of nitrogens with one attached hydrogen (secondary N) is 1. The molecule has 0 bridgehead atoms. The number of hydrogen-bond donors (Lipinski definition) is 1. The molecule has 0 saturated carbocycles. The minimum Gasteiger partial charge on any atom is -0.373 e. The first kappa shape index (κ1) is 11.9. The number of likely N-dealkylation sites (tertiary alicyclic amines) is 1. The van der Waals surface area contributed by atoms with Gasteiger partial charge in [0.15, 0.2) is 0 Å². The Morgan fingerprint density at radius 3 is 2.88 bits per heavy atom. The molecule has 4 nitrogen and oxygen atoms in total. The Kier molecular flexibility index (Phi) is 3.31. The monoisotopic (exact) mass is 233 g/mol. The number of carbonyl (C=O) groups is 1. The third-order valence-electron chi connectivity index (χ3n) is 3.40. The number of amides is 1. The van der Waals surface area contributed by atoms with Crippen LogP contribution in [0.3, 0.4) is 0 Å². The zero-order valence-corrected chi connectivity index (χ0v) is 10.7. The van der Waals surface area contributed by atoms with Crippen LogP contribution in [0.2, 0.25) is 0 Å². The first-order valence-corrected chi connectivity index (χ1v) is 6.06. The molecule has 1 fully saturated rings. The number of aromatic nitrogens is 1. The van der Waals surface area contributed by atoms with E-state index in [-0.39, 0.29) is 11.9 Å². The number of rotatable bonds is 2. The Balaban J connectivity index is 2.30. The highest BCUT2D eigenvalue weighted by atomic mass is 16.2. The van der Waals surface area contributed by atoms with Crippen molar-refractivity contribution in [2.45, 2.75) is 32.7 Å². The predicted octanol–water partition coefficient (Wildman–Crippen LogP) is 2.12. The lowest BCUT2D eigenvalue weighted by Gasteiger charge is -2.24. The van der Waals surface area contributed by atoms with Gasteiger partial charge < -0.3 is 10.2 Å². The van der Waals surface area contributed by atoms with Crippen molar-refractivity contribution in [1.29, 1.82) is 0 Å². The van der Waals surface area contributed by atoms with Crippen molar-refractivity contribution in [3.05, 3.63) is 23.4 Å². The summed E-state index contributed by atoms with van der Waals surface area (Å²) in [5.74, 6) is 1.03. The van der Waals surface area contributed by atoms with Gasteiger partial charge in [-0.25, -0.2) is 4.98 Å². The van der Waals surface area contributed by atoms with E-state index in [2.05, 4.69) is 16.4 Å². The summed E-state index contributed by atoms with van der Waals surface area (Å²) in [5, 5.41) is 3.03. The van der Waals surface area contributed by atoms with E-state index in [1.54, 1.807) is 6.92 Å². The molecule has 1 amide bonds. The Morgan fingerprint density at radius 1 is 1.53 bits per heavy atom. The van der Waals surface area contributed by atoms with Gasteiger partial charge in [0, 0.05) is 26.2 Å². The van der Waals surface area contributed by atoms with Crippen LogP contribution in [-0.2, 0) is 4.79 Å². The van der Waals surface area contributed by atoms with Gasteiger partial charge in [0.05, 0.1) is 6.04 Å². The topological polar surface area (TPSA) is 45.2 Å². The molecule has 1 unspecified atom stereocenters. The van der Waals surface area contributed by atoms with E-state index in [0.717, 1.165) is 30.9 Å². The lowest BCUT2D eigenvalue weighted by molar-refractivity contribution is -0.129. The molecule has 0 radical (unpaired) electrons. The van der Waals surface area contributed by atoms with Crippen LogP contribution in [0.4, 0.5) is 5.82 Å². The summed E-state index contributed by atoms with van der Waals surface area (Å²) in [6.07, 6.45) is 2.12. The SMILES string of the molecule is CNc1ccc(C2CCCN2C(C)=O)c(C)n1. The fourth-order valence-electron chi connectivity index (χ4n) is 2.53. The van der Waals surface area contributed by atoms with Crippen molar-refractivity contribution >= 4 is 11.7 Å². The van der Waals surface area contributed by atoms with Crippen molar-refractivity contribution in [1.82, 2.24) is 9.88 Å². The van der Waals surface area contributed by atoms with Gasteiger partial charge in [0.2, 0.25) is 5.91 Å². The first-order valence-electron chi connectivity index (χ1n) is 6.06. The second-order valence-electron chi connectivity index (χ2n) is 4.49. The average Bonchev–Trinajstić information content (AvgIpc) is 2.77. The molecule has 0 aromatic carbocycles. The molecular formula is C13H19N3O. The molecule has 2 rings (SSSR count). The first-order chi connectivity index (χ1) is 8.13. The molecule has 92 valence electrons. The van der Waals surface area contributed by atoms with Gasteiger partial charge >= 0.3 is 0 Å².